The van der Waals surface area contributed by atoms with E-state index in [1.165, 1.54) is 0 Å². The minimum atomic E-state index is 0.218. The van der Waals surface area contributed by atoms with Gasteiger partial charge >= 0.3 is 0 Å². The molecule has 2 atom stereocenters. The first-order valence-corrected chi connectivity index (χ1v) is 5.83. The lowest BCUT2D eigenvalue weighted by Crippen LogP contribution is -2.45. The Morgan fingerprint density at radius 2 is 2.50 bits per heavy atom. The van der Waals surface area contributed by atoms with Crippen molar-refractivity contribution in [3.8, 4) is 0 Å². The molecule has 4 heteroatoms. The highest BCUT2D eigenvalue weighted by atomic mass is 79.9. The molecule has 3 nitrogen and oxygen atoms in total. The second-order valence-electron chi connectivity index (χ2n) is 4.05. The molecule has 2 heterocycles. The van der Waals surface area contributed by atoms with E-state index in [4.69, 9.17) is 0 Å². The molecular weight excluding hydrogens is 244 g/mol. The fourth-order valence-corrected chi connectivity index (χ4v) is 2.78. The topological polar surface area (TPSA) is 32.3 Å². The maximum absolute atomic E-state index is 11.5. The van der Waals surface area contributed by atoms with Crippen molar-refractivity contribution in [2.45, 2.75) is 18.9 Å². The molecule has 2 aliphatic heterocycles. The van der Waals surface area contributed by atoms with Gasteiger partial charge in [-0.2, -0.15) is 0 Å². The van der Waals surface area contributed by atoms with Crippen LogP contribution in [0.4, 0.5) is 0 Å². The van der Waals surface area contributed by atoms with Gasteiger partial charge in [-0.25, -0.2) is 0 Å². The van der Waals surface area contributed by atoms with Gasteiger partial charge in [-0.1, -0.05) is 22.5 Å². The number of amides is 1. The number of hydrogen-bond acceptors (Lipinski definition) is 2. The summed E-state index contributed by atoms with van der Waals surface area (Å²) < 4.78 is 0.998. The van der Waals surface area contributed by atoms with Gasteiger partial charge in [0.25, 0.3) is 0 Å². The fraction of sp³-hybridized carbons (Fsp3) is 0.700. The SMILES string of the molecule is C=C(Br)CN1CCCC2C(=O)NCC21. The lowest BCUT2D eigenvalue weighted by molar-refractivity contribution is -0.124. The average Bonchev–Trinajstić information content (AvgIpc) is 2.49. The summed E-state index contributed by atoms with van der Waals surface area (Å²) in [5, 5.41) is 2.94. The number of nitrogens with zero attached hydrogens (tertiary/aromatic N) is 1. The van der Waals surface area contributed by atoms with Gasteiger partial charge < -0.3 is 5.32 Å². The Balaban J connectivity index is 2.05. The van der Waals surface area contributed by atoms with E-state index < -0.39 is 0 Å². The minimum Gasteiger partial charge on any atom is -0.354 e. The molecule has 0 saturated carbocycles. The highest BCUT2D eigenvalue weighted by Crippen LogP contribution is 2.28. The summed E-state index contributed by atoms with van der Waals surface area (Å²) in [6.07, 6.45) is 2.16. The Morgan fingerprint density at radius 1 is 1.71 bits per heavy atom. The fourth-order valence-electron chi connectivity index (χ4n) is 2.46. The van der Waals surface area contributed by atoms with E-state index >= 15 is 0 Å². The van der Waals surface area contributed by atoms with Crippen LogP contribution >= 0.6 is 15.9 Å². The summed E-state index contributed by atoms with van der Waals surface area (Å²) in [4.78, 5) is 13.8. The zero-order chi connectivity index (χ0) is 10.1. The third kappa shape index (κ3) is 1.86. The summed E-state index contributed by atoms with van der Waals surface area (Å²) in [7, 11) is 0. The van der Waals surface area contributed by atoms with Gasteiger partial charge in [0.1, 0.15) is 0 Å². The van der Waals surface area contributed by atoms with Crippen LogP contribution in [0.5, 0.6) is 0 Å². The van der Waals surface area contributed by atoms with Crippen molar-refractivity contribution in [3.63, 3.8) is 0 Å². The summed E-state index contributed by atoms with van der Waals surface area (Å²) in [6.45, 7) is 6.60. The predicted octanol–water partition coefficient (Wildman–Crippen LogP) is 1.11. The maximum Gasteiger partial charge on any atom is 0.224 e. The third-order valence-corrected chi connectivity index (χ3v) is 3.34. The van der Waals surface area contributed by atoms with E-state index in [9.17, 15) is 4.79 Å². The normalized spacial score (nSPS) is 32.5. The number of rotatable bonds is 2. The van der Waals surface area contributed by atoms with Gasteiger partial charge in [-0.15, -0.1) is 0 Å². The lowest BCUT2D eigenvalue weighted by Gasteiger charge is -2.35. The number of hydrogen-bond donors (Lipinski definition) is 1. The van der Waals surface area contributed by atoms with E-state index in [0.29, 0.717) is 6.04 Å². The average molecular weight is 259 g/mol. The number of nitrogens with one attached hydrogen (secondary N) is 1. The molecular formula is C10H15BrN2O. The molecule has 0 aromatic carbocycles. The monoisotopic (exact) mass is 258 g/mol. The molecule has 2 aliphatic rings. The van der Waals surface area contributed by atoms with Crippen molar-refractivity contribution in [3.05, 3.63) is 11.1 Å². The summed E-state index contributed by atoms with van der Waals surface area (Å²) >= 11 is 3.38. The van der Waals surface area contributed by atoms with Crippen LogP contribution in [-0.4, -0.2) is 36.5 Å². The zero-order valence-corrected chi connectivity index (χ0v) is 9.72. The predicted molar refractivity (Wildman–Crippen MR) is 59.2 cm³/mol. The second-order valence-corrected chi connectivity index (χ2v) is 5.17. The highest BCUT2D eigenvalue weighted by molar-refractivity contribution is 9.11. The molecule has 0 radical (unpaired) electrons. The molecule has 0 aromatic rings. The van der Waals surface area contributed by atoms with Gasteiger partial charge in [0.15, 0.2) is 0 Å². The highest BCUT2D eigenvalue weighted by Gasteiger charge is 2.40. The van der Waals surface area contributed by atoms with Crippen molar-refractivity contribution in [2.24, 2.45) is 5.92 Å². The largest absolute Gasteiger partial charge is 0.354 e. The first-order valence-electron chi connectivity index (χ1n) is 5.03. The van der Waals surface area contributed by atoms with Crippen LogP contribution < -0.4 is 5.32 Å². The number of likely N-dealkylation sites (tertiary alicyclic amines) is 1. The number of halogens is 1. The molecule has 2 rings (SSSR count). The molecule has 0 aromatic heterocycles. The molecule has 2 saturated heterocycles. The van der Waals surface area contributed by atoms with E-state index in [1.807, 2.05) is 0 Å². The molecule has 0 aliphatic carbocycles. The van der Waals surface area contributed by atoms with Gasteiger partial charge in [-0.3, -0.25) is 9.69 Å². The van der Waals surface area contributed by atoms with Crippen LogP contribution in [0.1, 0.15) is 12.8 Å². The Bertz CT molecular complexity index is 267. The molecule has 2 fully saturated rings. The van der Waals surface area contributed by atoms with Crippen molar-refractivity contribution in [2.75, 3.05) is 19.6 Å². The van der Waals surface area contributed by atoms with Crippen LogP contribution in [0.2, 0.25) is 0 Å². The number of carbonyl (C=O) groups is 1. The minimum absolute atomic E-state index is 0.218. The molecule has 0 spiro atoms. The Kier molecular flexibility index (Phi) is 2.93. The summed E-state index contributed by atoms with van der Waals surface area (Å²) in [5.41, 5.74) is 0. The molecule has 14 heavy (non-hydrogen) atoms. The lowest BCUT2D eigenvalue weighted by atomic mass is 9.91. The molecule has 1 amide bonds. The van der Waals surface area contributed by atoms with Gasteiger partial charge in [0.05, 0.1) is 5.92 Å². The standard InChI is InChI=1S/C10H15BrN2O/c1-7(11)6-13-4-2-3-8-9(13)5-12-10(8)14/h8-9H,1-6H2,(H,12,14). The van der Waals surface area contributed by atoms with Crippen molar-refractivity contribution >= 4 is 21.8 Å². The number of piperidine rings is 1. The van der Waals surface area contributed by atoms with Crippen LogP contribution in [0.15, 0.2) is 11.1 Å². The van der Waals surface area contributed by atoms with Crippen LogP contribution in [-0.2, 0) is 4.79 Å². The quantitative estimate of drug-likeness (QED) is 0.805. The number of carbonyl (C=O) groups excluding carboxylic acids is 1. The van der Waals surface area contributed by atoms with E-state index in [1.54, 1.807) is 0 Å². The Hall–Kier alpha value is -0.350. The zero-order valence-electron chi connectivity index (χ0n) is 8.13. The molecule has 0 bridgehead atoms. The van der Waals surface area contributed by atoms with E-state index in [2.05, 4.69) is 32.7 Å². The van der Waals surface area contributed by atoms with Crippen LogP contribution in [0.25, 0.3) is 0 Å². The Morgan fingerprint density at radius 3 is 3.21 bits per heavy atom. The van der Waals surface area contributed by atoms with Crippen LogP contribution in [0.3, 0.4) is 0 Å². The van der Waals surface area contributed by atoms with Crippen molar-refractivity contribution in [1.29, 1.82) is 0 Å². The van der Waals surface area contributed by atoms with Crippen molar-refractivity contribution < 1.29 is 4.79 Å². The first-order chi connectivity index (χ1) is 6.68. The molecule has 78 valence electrons. The van der Waals surface area contributed by atoms with Crippen LogP contribution in [0, 0.1) is 5.92 Å². The van der Waals surface area contributed by atoms with Gasteiger partial charge in [0, 0.05) is 23.6 Å². The second kappa shape index (κ2) is 4.03. The maximum atomic E-state index is 11.5. The van der Waals surface area contributed by atoms with Gasteiger partial charge in [0.2, 0.25) is 5.91 Å². The van der Waals surface area contributed by atoms with E-state index in [-0.39, 0.29) is 11.8 Å². The first kappa shape index (κ1) is 10.2. The molecule has 1 N–H and O–H groups in total. The van der Waals surface area contributed by atoms with Gasteiger partial charge in [-0.05, 0) is 19.4 Å². The summed E-state index contributed by atoms with van der Waals surface area (Å²) in [5.74, 6) is 0.454. The Labute approximate surface area is 92.7 Å². The smallest absolute Gasteiger partial charge is 0.224 e. The molecule has 2 unspecified atom stereocenters. The summed E-state index contributed by atoms with van der Waals surface area (Å²) in [6, 6.07) is 0.394. The van der Waals surface area contributed by atoms with E-state index in [0.717, 1.165) is 37.0 Å². The third-order valence-electron chi connectivity index (χ3n) is 3.09. The van der Waals surface area contributed by atoms with Crippen molar-refractivity contribution in [1.82, 2.24) is 10.2 Å². The number of fused-ring (bicyclic) bond motifs is 1.